The van der Waals surface area contributed by atoms with Crippen molar-refractivity contribution in [3.8, 4) is 0 Å². The highest BCUT2D eigenvalue weighted by atomic mass is 79.9. The lowest BCUT2D eigenvalue weighted by atomic mass is 10.0. The predicted octanol–water partition coefficient (Wildman–Crippen LogP) is 2.04. The van der Waals surface area contributed by atoms with Crippen LogP contribution < -0.4 is 5.73 Å². The number of esters is 1. The Hall–Kier alpha value is -1.08. The van der Waals surface area contributed by atoms with Gasteiger partial charge in [-0.15, -0.1) is 0 Å². The highest BCUT2D eigenvalue weighted by Gasteiger charge is 2.48. The van der Waals surface area contributed by atoms with E-state index in [1.54, 1.807) is 0 Å². The van der Waals surface area contributed by atoms with Crippen LogP contribution in [0.3, 0.4) is 0 Å². The number of aromatic nitrogens is 1. The average Bonchev–Trinajstić information content (AvgIpc) is 2.29. The zero-order chi connectivity index (χ0) is 13.1. The van der Waals surface area contributed by atoms with E-state index in [1.807, 2.05) is 0 Å². The van der Waals surface area contributed by atoms with Crippen molar-refractivity contribution in [2.45, 2.75) is 18.9 Å². The molecule has 4 nitrogen and oxygen atoms in total. The molecule has 1 aromatic rings. The van der Waals surface area contributed by atoms with Crippen molar-refractivity contribution >= 4 is 21.9 Å². The number of nitrogens with two attached hydrogens (primary N) is 1. The van der Waals surface area contributed by atoms with Crippen LogP contribution in [0, 0.1) is 0 Å². The summed E-state index contributed by atoms with van der Waals surface area (Å²) in [6, 6.07) is 1.03. The molecule has 0 saturated carbocycles. The molecular formula is C10H11BrF2N2O2. The number of pyridine rings is 1. The Balaban J connectivity index is 3.00. The highest BCUT2D eigenvalue weighted by Crippen LogP contribution is 2.33. The summed E-state index contributed by atoms with van der Waals surface area (Å²) in [5, 5.41) is 0. The van der Waals surface area contributed by atoms with E-state index in [2.05, 4.69) is 25.7 Å². The number of rotatable bonds is 4. The summed E-state index contributed by atoms with van der Waals surface area (Å²) in [6.45, 7) is 1.31. The Morgan fingerprint density at radius 3 is 2.88 bits per heavy atom. The van der Waals surface area contributed by atoms with Gasteiger partial charge in [-0.25, -0.2) is 9.78 Å². The molecule has 0 amide bonds. The minimum Gasteiger partial charge on any atom is -0.462 e. The van der Waals surface area contributed by atoms with Crippen LogP contribution in [-0.2, 0) is 9.53 Å². The highest BCUT2D eigenvalue weighted by molar-refractivity contribution is 9.10. The molecule has 0 saturated heterocycles. The molecule has 0 aliphatic heterocycles. The molecule has 0 aliphatic rings. The van der Waals surface area contributed by atoms with Gasteiger partial charge in [0.25, 0.3) is 0 Å². The fourth-order valence-electron chi connectivity index (χ4n) is 1.18. The molecule has 1 aromatic heterocycles. The topological polar surface area (TPSA) is 65.2 Å². The summed E-state index contributed by atoms with van der Waals surface area (Å²) < 4.78 is 31.7. The van der Waals surface area contributed by atoms with Gasteiger partial charge in [0.05, 0.1) is 6.61 Å². The summed E-state index contributed by atoms with van der Waals surface area (Å²) in [5.41, 5.74) is 5.43. The van der Waals surface area contributed by atoms with Crippen LogP contribution in [-0.4, -0.2) is 23.5 Å². The molecule has 17 heavy (non-hydrogen) atoms. The number of hydrogen-bond donors (Lipinski definition) is 1. The van der Waals surface area contributed by atoms with Crippen molar-refractivity contribution in [2.75, 3.05) is 6.61 Å². The molecule has 1 heterocycles. The number of carbonyl (C=O) groups excluding carboxylic acids is 1. The lowest BCUT2D eigenvalue weighted by Gasteiger charge is -2.22. The first-order valence-electron chi connectivity index (χ1n) is 4.82. The Labute approximate surface area is 105 Å². The van der Waals surface area contributed by atoms with Crippen LogP contribution in [0.1, 0.15) is 18.5 Å². The van der Waals surface area contributed by atoms with E-state index < -0.39 is 17.9 Å². The average molecular weight is 309 g/mol. The molecular weight excluding hydrogens is 298 g/mol. The van der Waals surface area contributed by atoms with Crippen LogP contribution in [0.15, 0.2) is 22.9 Å². The molecule has 0 fully saturated rings. The second kappa shape index (κ2) is 5.50. The summed E-state index contributed by atoms with van der Waals surface area (Å²) in [7, 11) is 0. The second-order valence-electron chi connectivity index (χ2n) is 3.20. The van der Waals surface area contributed by atoms with Gasteiger partial charge >= 0.3 is 11.9 Å². The fourth-order valence-corrected chi connectivity index (χ4v) is 1.68. The van der Waals surface area contributed by atoms with Gasteiger partial charge in [0.1, 0.15) is 10.6 Å². The molecule has 1 atom stereocenters. The first kappa shape index (κ1) is 14.0. The van der Waals surface area contributed by atoms with Crippen LogP contribution in [0.4, 0.5) is 8.78 Å². The molecule has 0 bridgehead atoms. The van der Waals surface area contributed by atoms with Gasteiger partial charge in [0, 0.05) is 11.8 Å². The minimum absolute atomic E-state index is 0.0468. The van der Waals surface area contributed by atoms with Crippen molar-refractivity contribution in [3.63, 3.8) is 0 Å². The Kier molecular flexibility index (Phi) is 4.53. The minimum atomic E-state index is -3.79. The summed E-state index contributed by atoms with van der Waals surface area (Å²) in [6.07, 6.45) is 1.42. The first-order chi connectivity index (χ1) is 7.91. The van der Waals surface area contributed by atoms with E-state index in [9.17, 15) is 13.6 Å². The zero-order valence-corrected chi connectivity index (χ0v) is 10.6. The van der Waals surface area contributed by atoms with Gasteiger partial charge in [-0.3, -0.25) is 0 Å². The third-order valence-corrected chi connectivity index (χ3v) is 2.72. The molecule has 0 radical (unpaired) electrons. The number of carbonyl (C=O) groups is 1. The monoisotopic (exact) mass is 308 g/mol. The first-order valence-corrected chi connectivity index (χ1v) is 5.61. The third kappa shape index (κ3) is 2.98. The molecule has 0 aliphatic carbocycles. The van der Waals surface area contributed by atoms with Gasteiger partial charge in [0.2, 0.25) is 0 Å². The maximum Gasteiger partial charge on any atom is 0.379 e. The van der Waals surface area contributed by atoms with Gasteiger partial charge in [-0.05, 0) is 28.9 Å². The molecule has 1 rings (SSSR count). The molecule has 0 spiro atoms. The largest absolute Gasteiger partial charge is 0.462 e. The van der Waals surface area contributed by atoms with Gasteiger partial charge in [-0.2, -0.15) is 8.78 Å². The van der Waals surface area contributed by atoms with Crippen LogP contribution in [0.25, 0.3) is 0 Å². The van der Waals surface area contributed by atoms with Gasteiger partial charge in [-0.1, -0.05) is 6.07 Å². The van der Waals surface area contributed by atoms with Crippen LogP contribution in [0.2, 0.25) is 0 Å². The van der Waals surface area contributed by atoms with Crippen molar-refractivity contribution < 1.29 is 18.3 Å². The third-order valence-electron chi connectivity index (χ3n) is 2.06. The molecule has 0 unspecified atom stereocenters. The smallest absolute Gasteiger partial charge is 0.379 e. The molecule has 7 heteroatoms. The molecule has 0 aromatic carbocycles. The SMILES string of the molecule is CCOC(=O)C(F)(F)[C@H](N)c1cccnc1Br. The lowest BCUT2D eigenvalue weighted by Crippen LogP contribution is -2.42. The molecule has 2 N–H and O–H groups in total. The summed E-state index contributed by atoms with van der Waals surface area (Å²) in [4.78, 5) is 14.9. The maximum absolute atomic E-state index is 13.6. The van der Waals surface area contributed by atoms with E-state index in [-0.39, 0.29) is 16.8 Å². The quantitative estimate of drug-likeness (QED) is 0.683. The molecule has 94 valence electrons. The van der Waals surface area contributed by atoms with E-state index in [4.69, 9.17) is 5.73 Å². The number of hydrogen-bond acceptors (Lipinski definition) is 4. The van der Waals surface area contributed by atoms with Crippen LogP contribution >= 0.6 is 15.9 Å². The Bertz CT molecular complexity index is 415. The standard InChI is InChI=1S/C10H11BrF2N2O2/c1-2-17-9(16)10(12,13)7(14)6-4-3-5-15-8(6)11/h3-5,7H,2,14H2,1H3/t7-/m1/s1. The van der Waals surface area contributed by atoms with E-state index in [0.29, 0.717) is 0 Å². The Morgan fingerprint density at radius 1 is 1.71 bits per heavy atom. The van der Waals surface area contributed by atoms with Gasteiger partial charge < -0.3 is 10.5 Å². The van der Waals surface area contributed by atoms with Gasteiger partial charge in [0.15, 0.2) is 0 Å². The second-order valence-corrected chi connectivity index (χ2v) is 3.96. The predicted molar refractivity (Wildman–Crippen MR) is 60.4 cm³/mol. The van der Waals surface area contributed by atoms with E-state index in [1.165, 1.54) is 25.3 Å². The van der Waals surface area contributed by atoms with Crippen molar-refractivity contribution in [1.29, 1.82) is 0 Å². The zero-order valence-electron chi connectivity index (χ0n) is 8.99. The maximum atomic E-state index is 13.6. The Morgan fingerprint density at radius 2 is 2.35 bits per heavy atom. The normalized spacial score (nSPS) is 13.2. The van der Waals surface area contributed by atoms with Crippen molar-refractivity contribution in [2.24, 2.45) is 5.73 Å². The van der Waals surface area contributed by atoms with Crippen molar-refractivity contribution in [3.05, 3.63) is 28.5 Å². The van der Waals surface area contributed by atoms with E-state index >= 15 is 0 Å². The van der Waals surface area contributed by atoms with E-state index in [0.717, 1.165) is 0 Å². The number of ether oxygens (including phenoxy) is 1. The number of alkyl halides is 2. The van der Waals surface area contributed by atoms with Crippen LogP contribution in [0.5, 0.6) is 0 Å². The number of halogens is 3. The summed E-state index contributed by atoms with van der Waals surface area (Å²) >= 11 is 3.00. The number of nitrogens with zero attached hydrogens (tertiary/aromatic N) is 1. The van der Waals surface area contributed by atoms with Crippen molar-refractivity contribution in [1.82, 2.24) is 4.98 Å². The fraction of sp³-hybridized carbons (Fsp3) is 0.400. The lowest BCUT2D eigenvalue weighted by molar-refractivity contribution is -0.174. The summed E-state index contributed by atoms with van der Waals surface area (Å²) in [5.74, 6) is -5.43.